The van der Waals surface area contributed by atoms with Gasteiger partial charge in [-0.05, 0) is 34.7 Å². The third-order valence-electron chi connectivity index (χ3n) is 1.90. The molecule has 1 aromatic carbocycles. The fourth-order valence-corrected chi connectivity index (χ4v) is 1.47. The molecule has 0 aliphatic carbocycles. The monoisotopic (exact) mass is 300 g/mol. The average Bonchev–Trinajstić information content (AvgIpc) is 2.18. The number of hydrogen-bond acceptors (Lipinski definition) is 1. The second-order valence-corrected chi connectivity index (χ2v) is 4.27. The Morgan fingerprint density at radius 2 is 2.07 bits per heavy atom. The Kier molecular flexibility index (Phi) is 4.13. The van der Waals surface area contributed by atoms with Gasteiger partial charge in [0, 0.05) is 22.7 Å². The molecule has 0 bridgehead atoms. The van der Waals surface area contributed by atoms with E-state index in [0.717, 1.165) is 5.56 Å². The Hall–Kier alpha value is -0.840. The lowest BCUT2D eigenvalue weighted by Gasteiger charge is -2.17. The largest absolute Gasteiger partial charge is 0.356 e. The maximum atomic E-state index is 7.89. The minimum atomic E-state index is 0.529. The molecule has 0 radical (unpaired) electrons. The van der Waals surface area contributed by atoms with Gasteiger partial charge < -0.3 is 4.90 Å². The van der Waals surface area contributed by atoms with E-state index in [1.807, 2.05) is 36.2 Å². The first-order valence-corrected chi connectivity index (χ1v) is 5.39. The van der Waals surface area contributed by atoms with E-state index in [1.54, 1.807) is 6.08 Å². The lowest BCUT2D eigenvalue weighted by atomic mass is 10.2. The number of rotatable bonds is 3. The number of amidine groups is 1. The minimum absolute atomic E-state index is 0.529. The van der Waals surface area contributed by atoms with Gasteiger partial charge >= 0.3 is 0 Å². The van der Waals surface area contributed by atoms with Crippen molar-refractivity contribution < 1.29 is 0 Å². The van der Waals surface area contributed by atoms with Crippen LogP contribution < -0.4 is 0 Å². The zero-order valence-corrected chi connectivity index (χ0v) is 10.3. The lowest BCUT2D eigenvalue weighted by molar-refractivity contribution is 0.561. The van der Waals surface area contributed by atoms with Crippen molar-refractivity contribution in [1.82, 2.24) is 4.90 Å². The Morgan fingerprint density at radius 3 is 2.57 bits per heavy atom. The summed E-state index contributed by atoms with van der Waals surface area (Å²) in [6, 6.07) is 7.94. The molecule has 0 saturated heterocycles. The molecule has 0 spiro atoms. The third kappa shape index (κ3) is 2.83. The van der Waals surface area contributed by atoms with Gasteiger partial charge in [0.25, 0.3) is 0 Å². The van der Waals surface area contributed by atoms with Crippen molar-refractivity contribution in [2.24, 2.45) is 0 Å². The first kappa shape index (κ1) is 11.2. The molecule has 0 aliphatic rings. The quantitative estimate of drug-likeness (QED) is 0.395. The zero-order valence-electron chi connectivity index (χ0n) is 8.13. The summed E-state index contributed by atoms with van der Waals surface area (Å²) in [5, 5.41) is 7.89. The van der Waals surface area contributed by atoms with Gasteiger partial charge in [0.1, 0.15) is 5.84 Å². The van der Waals surface area contributed by atoms with Crippen LogP contribution in [0.5, 0.6) is 0 Å². The Labute approximate surface area is 98.3 Å². The van der Waals surface area contributed by atoms with E-state index in [4.69, 9.17) is 5.41 Å². The molecule has 1 aromatic rings. The highest BCUT2D eigenvalue weighted by Crippen LogP contribution is 2.08. The zero-order chi connectivity index (χ0) is 10.6. The summed E-state index contributed by atoms with van der Waals surface area (Å²) in [4.78, 5) is 1.86. The number of nitrogens with zero attached hydrogens (tertiary/aromatic N) is 1. The molecular weight excluding hydrogens is 287 g/mol. The first-order valence-electron chi connectivity index (χ1n) is 4.31. The molecular formula is C11H13IN2. The molecule has 0 amide bonds. The van der Waals surface area contributed by atoms with E-state index in [1.165, 1.54) is 3.57 Å². The standard InChI is InChI=1S/C11H13IN2/c1-3-8-14(2)11(13)9-4-6-10(12)7-5-9/h3-7,13H,1,8H2,2H3. The van der Waals surface area contributed by atoms with E-state index in [0.29, 0.717) is 12.4 Å². The van der Waals surface area contributed by atoms with Crippen LogP contribution in [-0.4, -0.2) is 24.3 Å². The summed E-state index contributed by atoms with van der Waals surface area (Å²) in [6.45, 7) is 4.35. The van der Waals surface area contributed by atoms with Gasteiger partial charge in [0.2, 0.25) is 0 Å². The van der Waals surface area contributed by atoms with Gasteiger partial charge in [0.05, 0.1) is 0 Å². The minimum Gasteiger partial charge on any atom is -0.356 e. The number of halogens is 1. The van der Waals surface area contributed by atoms with Crippen molar-refractivity contribution in [3.8, 4) is 0 Å². The van der Waals surface area contributed by atoms with E-state index in [-0.39, 0.29) is 0 Å². The van der Waals surface area contributed by atoms with Gasteiger partial charge in [-0.3, -0.25) is 5.41 Å². The summed E-state index contributed by atoms with van der Waals surface area (Å²) in [5.41, 5.74) is 0.940. The van der Waals surface area contributed by atoms with Gasteiger partial charge in [-0.2, -0.15) is 0 Å². The van der Waals surface area contributed by atoms with Crippen LogP contribution in [-0.2, 0) is 0 Å². The fourth-order valence-electron chi connectivity index (χ4n) is 1.11. The van der Waals surface area contributed by atoms with Crippen molar-refractivity contribution in [3.63, 3.8) is 0 Å². The van der Waals surface area contributed by atoms with Gasteiger partial charge in [-0.25, -0.2) is 0 Å². The second-order valence-electron chi connectivity index (χ2n) is 3.02. The highest BCUT2D eigenvalue weighted by molar-refractivity contribution is 14.1. The fraction of sp³-hybridized carbons (Fsp3) is 0.182. The first-order chi connectivity index (χ1) is 6.65. The molecule has 0 atom stereocenters. The molecule has 0 fully saturated rings. The van der Waals surface area contributed by atoms with Crippen LogP contribution in [0.2, 0.25) is 0 Å². The topological polar surface area (TPSA) is 27.1 Å². The molecule has 74 valence electrons. The summed E-state index contributed by atoms with van der Waals surface area (Å²) < 4.78 is 1.19. The van der Waals surface area contributed by atoms with Crippen LogP contribution >= 0.6 is 22.6 Å². The highest BCUT2D eigenvalue weighted by atomic mass is 127. The third-order valence-corrected chi connectivity index (χ3v) is 2.62. The molecule has 0 saturated carbocycles. The van der Waals surface area contributed by atoms with Crippen molar-refractivity contribution >= 4 is 28.4 Å². The molecule has 0 heterocycles. The average molecular weight is 300 g/mol. The number of nitrogens with one attached hydrogen (secondary N) is 1. The predicted octanol–water partition coefficient (Wildman–Crippen LogP) is 2.73. The van der Waals surface area contributed by atoms with E-state index in [2.05, 4.69) is 29.2 Å². The molecule has 3 heteroatoms. The van der Waals surface area contributed by atoms with Gasteiger partial charge in [-0.15, -0.1) is 6.58 Å². The number of hydrogen-bond donors (Lipinski definition) is 1. The second kappa shape index (κ2) is 5.14. The molecule has 14 heavy (non-hydrogen) atoms. The smallest absolute Gasteiger partial charge is 0.128 e. The van der Waals surface area contributed by atoms with Gasteiger partial charge in [-0.1, -0.05) is 18.2 Å². The van der Waals surface area contributed by atoms with Crippen LogP contribution in [0.25, 0.3) is 0 Å². The maximum Gasteiger partial charge on any atom is 0.128 e. The number of benzene rings is 1. The van der Waals surface area contributed by atoms with Crippen LogP contribution in [0.3, 0.4) is 0 Å². The summed E-state index contributed by atoms with van der Waals surface area (Å²) in [5.74, 6) is 0.529. The molecule has 0 aliphatic heterocycles. The molecule has 1 N–H and O–H groups in total. The lowest BCUT2D eigenvalue weighted by Crippen LogP contribution is -2.26. The highest BCUT2D eigenvalue weighted by Gasteiger charge is 2.04. The van der Waals surface area contributed by atoms with Crippen molar-refractivity contribution in [3.05, 3.63) is 46.1 Å². The van der Waals surface area contributed by atoms with Crippen molar-refractivity contribution in [1.29, 1.82) is 5.41 Å². The molecule has 0 unspecified atom stereocenters. The molecule has 0 aromatic heterocycles. The summed E-state index contributed by atoms with van der Waals surface area (Å²) in [7, 11) is 1.89. The Bertz CT molecular complexity index is 330. The van der Waals surface area contributed by atoms with Crippen LogP contribution in [0.1, 0.15) is 5.56 Å². The Morgan fingerprint density at radius 1 is 1.50 bits per heavy atom. The molecule has 2 nitrogen and oxygen atoms in total. The van der Waals surface area contributed by atoms with Crippen LogP contribution in [0, 0.1) is 8.98 Å². The predicted molar refractivity (Wildman–Crippen MR) is 68.8 cm³/mol. The van der Waals surface area contributed by atoms with Crippen LogP contribution in [0.4, 0.5) is 0 Å². The number of likely N-dealkylation sites (N-methyl/N-ethyl adjacent to an activating group) is 1. The molecule has 1 rings (SSSR count). The van der Waals surface area contributed by atoms with Crippen LogP contribution in [0.15, 0.2) is 36.9 Å². The van der Waals surface area contributed by atoms with E-state index >= 15 is 0 Å². The van der Waals surface area contributed by atoms with Crippen molar-refractivity contribution in [2.75, 3.05) is 13.6 Å². The van der Waals surface area contributed by atoms with E-state index in [9.17, 15) is 0 Å². The van der Waals surface area contributed by atoms with Gasteiger partial charge in [0.15, 0.2) is 0 Å². The maximum absolute atomic E-state index is 7.89. The van der Waals surface area contributed by atoms with E-state index < -0.39 is 0 Å². The summed E-state index contributed by atoms with van der Waals surface area (Å²) in [6.07, 6.45) is 1.79. The summed E-state index contributed by atoms with van der Waals surface area (Å²) >= 11 is 2.25. The Balaban J connectivity index is 2.78. The van der Waals surface area contributed by atoms with Crippen molar-refractivity contribution in [2.45, 2.75) is 0 Å². The SMILES string of the molecule is C=CCN(C)C(=N)c1ccc(I)cc1. The normalized spacial score (nSPS) is 9.57.